The van der Waals surface area contributed by atoms with Gasteiger partial charge in [-0.15, -0.1) is 0 Å². The highest BCUT2D eigenvalue weighted by molar-refractivity contribution is 5.58. The summed E-state index contributed by atoms with van der Waals surface area (Å²) in [5, 5.41) is 0. The monoisotopic (exact) mass is 161 g/mol. The molecule has 1 heterocycles. The lowest BCUT2D eigenvalue weighted by Gasteiger charge is -2.16. The lowest BCUT2D eigenvalue weighted by Crippen LogP contribution is -2.18. The van der Waals surface area contributed by atoms with E-state index in [2.05, 4.69) is 36.9 Å². The van der Waals surface area contributed by atoms with Gasteiger partial charge in [0.15, 0.2) is 0 Å². The van der Waals surface area contributed by atoms with E-state index in [1.54, 1.807) is 0 Å². The first-order chi connectivity index (χ1) is 5.81. The van der Waals surface area contributed by atoms with E-state index in [-0.39, 0.29) is 0 Å². The third kappa shape index (κ3) is 1.09. The summed E-state index contributed by atoms with van der Waals surface area (Å²) in [5.74, 6) is 0. The molecular formula is C11H15N. The molecule has 0 radical (unpaired) electrons. The van der Waals surface area contributed by atoms with E-state index in [0.29, 0.717) is 0 Å². The van der Waals surface area contributed by atoms with Gasteiger partial charge in [0.25, 0.3) is 0 Å². The molecule has 1 aliphatic rings. The Balaban J connectivity index is 2.40. The van der Waals surface area contributed by atoms with Crippen LogP contribution in [0.1, 0.15) is 18.1 Å². The maximum atomic E-state index is 2.44. The van der Waals surface area contributed by atoms with E-state index in [1.165, 1.54) is 29.8 Å². The largest absolute Gasteiger partial charge is 0.371 e. The number of hydrogen-bond acceptors (Lipinski definition) is 1. The van der Waals surface area contributed by atoms with Crippen LogP contribution < -0.4 is 4.90 Å². The Morgan fingerprint density at radius 2 is 2.25 bits per heavy atom. The number of benzene rings is 1. The molecule has 0 bridgehead atoms. The van der Waals surface area contributed by atoms with Crippen molar-refractivity contribution in [2.24, 2.45) is 0 Å². The number of rotatable bonds is 1. The van der Waals surface area contributed by atoms with Crippen LogP contribution in [0.4, 0.5) is 5.69 Å². The molecule has 1 aromatic rings. The summed E-state index contributed by atoms with van der Waals surface area (Å²) in [5.41, 5.74) is 4.35. The number of likely N-dealkylation sites (N-methyl/N-ethyl adjacent to an activating group) is 1. The standard InChI is InChI=1S/C11H15N/c1-3-12-7-6-10-8-9(2)4-5-11(10)12/h4-5,8H,3,6-7H2,1-2H3. The van der Waals surface area contributed by atoms with Crippen LogP contribution in [0, 0.1) is 6.92 Å². The number of nitrogens with zero attached hydrogens (tertiary/aromatic N) is 1. The molecule has 1 aromatic carbocycles. The minimum atomic E-state index is 1.13. The minimum Gasteiger partial charge on any atom is -0.371 e. The maximum Gasteiger partial charge on any atom is 0.0399 e. The van der Waals surface area contributed by atoms with E-state index in [0.717, 1.165) is 6.54 Å². The van der Waals surface area contributed by atoms with Crippen molar-refractivity contribution in [1.82, 2.24) is 0 Å². The van der Waals surface area contributed by atoms with E-state index in [4.69, 9.17) is 0 Å². The second-order valence-corrected chi connectivity index (χ2v) is 3.46. The zero-order valence-corrected chi connectivity index (χ0v) is 7.80. The van der Waals surface area contributed by atoms with Gasteiger partial charge in [-0.3, -0.25) is 0 Å². The van der Waals surface area contributed by atoms with Gasteiger partial charge in [0, 0.05) is 18.8 Å². The first-order valence-corrected chi connectivity index (χ1v) is 4.65. The molecule has 0 aliphatic carbocycles. The van der Waals surface area contributed by atoms with E-state index < -0.39 is 0 Å². The second-order valence-electron chi connectivity index (χ2n) is 3.46. The van der Waals surface area contributed by atoms with Gasteiger partial charge >= 0.3 is 0 Å². The minimum absolute atomic E-state index is 1.13. The smallest absolute Gasteiger partial charge is 0.0399 e. The molecule has 0 aromatic heterocycles. The quantitative estimate of drug-likeness (QED) is 0.611. The lowest BCUT2D eigenvalue weighted by atomic mass is 10.1. The van der Waals surface area contributed by atoms with Crippen molar-refractivity contribution in [2.45, 2.75) is 20.3 Å². The van der Waals surface area contributed by atoms with Crippen LogP contribution in [0.5, 0.6) is 0 Å². The van der Waals surface area contributed by atoms with Crippen LogP contribution in [0.15, 0.2) is 18.2 Å². The fourth-order valence-corrected chi connectivity index (χ4v) is 1.93. The normalized spacial score (nSPS) is 15.0. The van der Waals surface area contributed by atoms with Crippen molar-refractivity contribution >= 4 is 5.69 Å². The highest BCUT2D eigenvalue weighted by atomic mass is 15.1. The van der Waals surface area contributed by atoms with Gasteiger partial charge in [-0.25, -0.2) is 0 Å². The molecule has 0 N–H and O–H groups in total. The van der Waals surface area contributed by atoms with Crippen LogP contribution in [-0.4, -0.2) is 13.1 Å². The molecule has 0 unspecified atom stereocenters. The van der Waals surface area contributed by atoms with Gasteiger partial charge in [-0.05, 0) is 31.9 Å². The molecular weight excluding hydrogens is 146 g/mol. The highest BCUT2D eigenvalue weighted by Crippen LogP contribution is 2.27. The SMILES string of the molecule is CCN1CCc2cc(C)ccc21. The van der Waals surface area contributed by atoms with Crippen LogP contribution in [0.3, 0.4) is 0 Å². The zero-order valence-electron chi connectivity index (χ0n) is 7.80. The maximum absolute atomic E-state index is 2.44. The molecule has 0 amide bonds. The average molecular weight is 161 g/mol. The van der Waals surface area contributed by atoms with Gasteiger partial charge in [0.05, 0.1) is 0 Å². The Labute approximate surface area is 74.0 Å². The third-order valence-corrected chi connectivity index (χ3v) is 2.61. The Morgan fingerprint density at radius 1 is 1.42 bits per heavy atom. The lowest BCUT2D eigenvalue weighted by molar-refractivity contribution is 0.868. The summed E-state index contributed by atoms with van der Waals surface area (Å²) in [7, 11) is 0. The first kappa shape index (κ1) is 7.66. The fraction of sp³-hybridized carbons (Fsp3) is 0.455. The summed E-state index contributed by atoms with van der Waals surface area (Å²) in [6.45, 7) is 6.72. The molecule has 2 rings (SSSR count). The molecule has 0 saturated carbocycles. The van der Waals surface area contributed by atoms with Crippen molar-refractivity contribution in [3.63, 3.8) is 0 Å². The molecule has 64 valence electrons. The number of aryl methyl sites for hydroxylation is 1. The van der Waals surface area contributed by atoms with Crippen LogP contribution >= 0.6 is 0 Å². The molecule has 0 atom stereocenters. The van der Waals surface area contributed by atoms with Gasteiger partial charge in [0.2, 0.25) is 0 Å². The summed E-state index contributed by atoms with van der Waals surface area (Å²) >= 11 is 0. The zero-order chi connectivity index (χ0) is 8.55. The predicted octanol–water partition coefficient (Wildman–Crippen LogP) is 2.38. The van der Waals surface area contributed by atoms with Gasteiger partial charge in [0.1, 0.15) is 0 Å². The average Bonchev–Trinajstić information content (AvgIpc) is 2.46. The summed E-state index contributed by atoms with van der Waals surface area (Å²) < 4.78 is 0. The first-order valence-electron chi connectivity index (χ1n) is 4.65. The summed E-state index contributed by atoms with van der Waals surface area (Å²) in [4.78, 5) is 2.44. The van der Waals surface area contributed by atoms with Crippen LogP contribution in [0.25, 0.3) is 0 Å². The predicted molar refractivity (Wildman–Crippen MR) is 52.8 cm³/mol. The molecule has 0 saturated heterocycles. The van der Waals surface area contributed by atoms with E-state index in [1.807, 2.05) is 0 Å². The number of anilines is 1. The van der Waals surface area contributed by atoms with E-state index >= 15 is 0 Å². The molecule has 1 heteroatoms. The molecule has 0 spiro atoms. The van der Waals surface area contributed by atoms with Gasteiger partial charge < -0.3 is 4.90 Å². The molecule has 1 nitrogen and oxygen atoms in total. The van der Waals surface area contributed by atoms with Crippen molar-refractivity contribution in [1.29, 1.82) is 0 Å². The van der Waals surface area contributed by atoms with Gasteiger partial charge in [-0.2, -0.15) is 0 Å². The number of hydrogen-bond donors (Lipinski definition) is 0. The Bertz CT molecular complexity index is 291. The molecule has 1 aliphatic heterocycles. The Kier molecular flexibility index (Phi) is 1.80. The van der Waals surface area contributed by atoms with E-state index in [9.17, 15) is 0 Å². The van der Waals surface area contributed by atoms with Crippen LogP contribution in [0.2, 0.25) is 0 Å². The van der Waals surface area contributed by atoms with Crippen LogP contribution in [-0.2, 0) is 6.42 Å². The van der Waals surface area contributed by atoms with Crippen molar-refractivity contribution in [2.75, 3.05) is 18.0 Å². The second kappa shape index (κ2) is 2.81. The van der Waals surface area contributed by atoms with Gasteiger partial charge in [-0.1, -0.05) is 17.7 Å². The topological polar surface area (TPSA) is 3.24 Å². The number of fused-ring (bicyclic) bond motifs is 1. The summed E-state index contributed by atoms with van der Waals surface area (Å²) in [6.07, 6.45) is 1.23. The molecule has 12 heavy (non-hydrogen) atoms. The Morgan fingerprint density at radius 3 is 3.00 bits per heavy atom. The highest BCUT2D eigenvalue weighted by Gasteiger charge is 2.16. The van der Waals surface area contributed by atoms with Crippen molar-refractivity contribution in [3.8, 4) is 0 Å². The summed E-state index contributed by atoms with van der Waals surface area (Å²) in [6, 6.07) is 6.76. The van der Waals surface area contributed by atoms with Crippen molar-refractivity contribution in [3.05, 3.63) is 29.3 Å². The third-order valence-electron chi connectivity index (χ3n) is 2.61. The molecule has 0 fully saturated rings. The fourth-order valence-electron chi connectivity index (χ4n) is 1.93. The van der Waals surface area contributed by atoms with Crippen molar-refractivity contribution < 1.29 is 0 Å². The Hall–Kier alpha value is -0.980.